The quantitative estimate of drug-likeness (QED) is 0.338. The first-order chi connectivity index (χ1) is 17.1. The maximum Gasteiger partial charge on any atom is 0.320 e. The van der Waals surface area contributed by atoms with Crippen LogP contribution in [0.5, 0.6) is 0 Å². The zero-order chi connectivity index (χ0) is 24.5. The minimum absolute atomic E-state index is 0.154. The molecule has 2 aliphatic rings. The normalized spacial score (nSPS) is 16.2. The number of nitrogens with zero attached hydrogens (tertiary/aromatic N) is 3. The lowest BCUT2D eigenvalue weighted by molar-refractivity contribution is -0.145. The average Bonchev–Trinajstić information content (AvgIpc) is 2.88. The highest BCUT2D eigenvalue weighted by atomic mass is 16.5. The highest BCUT2D eigenvalue weighted by Gasteiger charge is 2.20. The number of hydrogen-bond donors (Lipinski definition) is 1. The molecule has 0 bridgehead atoms. The summed E-state index contributed by atoms with van der Waals surface area (Å²) in [5, 5.41) is 9.45. The predicted octanol–water partition coefficient (Wildman–Crippen LogP) is 3.31. The van der Waals surface area contributed by atoms with Crippen LogP contribution in [0.2, 0.25) is 0 Å². The van der Waals surface area contributed by atoms with E-state index in [1.165, 1.54) is 5.56 Å². The van der Waals surface area contributed by atoms with Gasteiger partial charge in [-0.2, -0.15) is 5.10 Å². The Balaban J connectivity index is 1.31. The molecule has 2 aromatic carbocycles. The Morgan fingerprint density at radius 3 is 2.66 bits per heavy atom. The van der Waals surface area contributed by atoms with Crippen molar-refractivity contribution in [1.82, 2.24) is 9.91 Å². The molecule has 0 aliphatic carbocycles. The molecule has 2 aromatic rings. The molecule has 35 heavy (non-hydrogen) atoms. The number of amides is 1. The summed E-state index contributed by atoms with van der Waals surface area (Å²) in [4.78, 5) is 27.0. The second-order valence-corrected chi connectivity index (χ2v) is 8.90. The number of hydrazone groups is 1. The Bertz CT molecular complexity index is 1030. The molecule has 8 heteroatoms. The molecule has 2 aliphatic heterocycles. The van der Waals surface area contributed by atoms with Crippen LogP contribution in [0.1, 0.15) is 46.8 Å². The standard InChI is InChI=1S/C27H34N4O4/c1-2-3-14-35-26(32)20-30-11-10-22-6-7-23(17-24(22)19-30)27(33)29-25-8-4-21(5-9-25)18-28-31-12-15-34-16-13-31/h4-9,17-18H,2-3,10-16,19-20H2,1H3,(H,29,33). The molecule has 1 amide bonds. The van der Waals surface area contributed by atoms with Gasteiger partial charge in [-0.25, -0.2) is 0 Å². The molecule has 8 nitrogen and oxygen atoms in total. The van der Waals surface area contributed by atoms with Crippen molar-refractivity contribution < 1.29 is 19.1 Å². The van der Waals surface area contributed by atoms with Crippen molar-refractivity contribution in [3.63, 3.8) is 0 Å². The van der Waals surface area contributed by atoms with Gasteiger partial charge < -0.3 is 14.8 Å². The molecule has 0 spiro atoms. The van der Waals surface area contributed by atoms with Crippen LogP contribution < -0.4 is 5.32 Å². The molecule has 0 saturated carbocycles. The van der Waals surface area contributed by atoms with Gasteiger partial charge in [-0.1, -0.05) is 31.5 Å². The van der Waals surface area contributed by atoms with Gasteiger partial charge in [0.25, 0.3) is 5.91 Å². The van der Waals surface area contributed by atoms with E-state index in [9.17, 15) is 9.59 Å². The van der Waals surface area contributed by atoms with E-state index >= 15 is 0 Å². The van der Waals surface area contributed by atoms with Crippen LogP contribution in [-0.2, 0) is 27.2 Å². The van der Waals surface area contributed by atoms with Crippen molar-refractivity contribution in [2.24, 2.45) is 5.10 Å². The SMILES string of the molecule is CCCCOC(=O)CN1CCc2ccc(C(=O)Nc3ccc(C=NN4CCOCC4)cc3)cc2C1. The van der Waals surface area contributed by atoms with E-state index in [2.05, 4.69) is 22.2 Å². The van der Waals surface area contributed by atoms with Gasteiger partial charge in [0.15, 0.2) is 0 Å². The Kier molecular flexibility index (Phi) is 8.86. The number of carbonyl (C=O) groups is 2. The minimum atomic E-state index is -0.186. The molecule has 0 atom stereocenters. The molecule has 0 unspecified atom stereocenters. The van der Waals surface area contributed by atoms with Crippen molar-refractivity contribution in [3.8, 4) is 0 Å². The number of anilines is 1. The van der Waals surface area contributed by atoms with E-state index in [1.54, 1.807) is 0 Å². The number of hydrogen-bond acceptors (Lipinski definition) is 7. The first-order valence-corrected chi connectivity index (χ1v) is 12.4. The Labute approximate surface area is 206 Å². The van der Waals surface area contributed by atoms with Crippen molar-refractivity contribution in [1.29, 1.82) is 0 Å². The topological polar surface area (TPSA) is 83.5 Å². The lowest BCUT2D eigenvalue weighted by Crippen LogP contribution is -2.35. The number of ether oxygens (including phenoxy) is 2. The van der Waals surface area contributed by atoms with Gasteiger partial charge in [-0.05, 0) is 53.8 Å². The Morgan fingerprint density at radius 1 is 1.09 bits per heavy atom. The van der Waals surface area contributed by atoms with E-state index in [0.717, 1.165) is 55.7 Å². The number of nitrogens with one attached hydrogen (secondary N) is 1. The van der Waals surface area contributed by atoms with Crippen LogP contribution >= 0.6 is 0 Å². The average molecular weight is 479 g/mol. The van der Waals surface area contributed by atoms with Gasteiger partial charge in [-0.3, -0.25) is 19.5 Å². The zero-order valence-corrected chi connectivity index (χ0v) is 20.4. The Hall–Kier alpha value is -3.23. The lowest BCUT2D eigenvalue weighted by atomic mass is 9.97. The fourth-order valence-electron chi connectivity index (χ4n) is 4.12. The first-order valence-electron chi connectivity index (χ1n) is 12.4. The van der Waals surface area contributed by atoms with Gasteiger partial charge in [0, 0.05) is 24.3 Å². The van der Waals surface area contributed by atoms with Gasteiger partial charge in [-0.15, -0.1) is 0 Å². The largest absolute Gasteiger partial charge is 0.465 e. The number of unbranched alkanes of at least 4 members (excludes halogenated alkanes) is 1. The van der Waals surface area contributed by atoms with Crippen molar-refractivity contribution >= 4 is 23.8 Å². The van der Waals surface area contributed by atoms with Crippen LogP contribution in [0.15, 0.2) is 47.6 Å². The maximum absolute atomic E-state index is 12.9. The van der Waals surface area contributed by atoms with Crippen molar-refractivity contribution in [3.05, 3.63) is 64.7 Å². The summed E-state index contributed by atoms with van der Waals surface area (Å²) >= 11 is 0. The maximum atomic E-state index is 12.9. The molecule has 0 radical (unpaired) electrons. The van der Waals surface area contributed by atoms with Crippen molar-refractivity contribution in [2.75, 3.05) is 51.3 Å². The molecule has 1 N–H and O–H groups in total. The van der Waals surface area contributed by atoms with E-state index in [4.69, 9.17) is 9.47 Å². The van der Waals surface area contributed by atoms with Gasteiger partial charge in [0.1, 0.15) is 0 Å². The van der Waals surface area contributed by atoms with Crippen LogP contribution in [0.25, 0.3) is 0 Å². The molecule has 4 rings (SSSR count). The summed E-state index contributed by atoms with van der Waals surface area (Å²) in [6, 6.07) is 13.4. The van der Waals surface area contributed by atoms with Crippen LogP contribution in [0.3, 0.4) is 0 Å². The number of benzene rings is 2. The minimum Gasteiger partial charge on any atom is -0.465 e. The lowest BCUT2D eigenvalue weighted by Gasteiger charge is -2.28. The second-order valence-electron chi connectivity index (χ2n) is 8.90. The number of carbonyl (C=O) groups excluding carboxylic acids is 2. The summed E-state index contributed by atoms with van der Waals surface area (Å²) in [5.74, 6) is -0.340. The van der Waals surface area contributed by atoms with E-state index < -0.39 is 0 Å². The van der Waals surface area contributed by atoms with E-state index in [1.807, 2.05) is 53.7 Å². The monoisotopic (exact) mass is 478 g/mol. The molecule has 2 heterocycles. The summed E-state index contributed by atoms with van der Waals surface area (Å²) in [6.45, 7) is 7.27. The van der Waals surface area contributed by atoms with E-state index in [0.29, 0.717) is 31.9 Å². The number of esters is 1. The third kappa shape index (κ3) is 7.37. The molecule has 0 aromatic heterocycles. The molecule has 186 valence electrons. The highest BCUT2D eigenvalue weighted by Crippen LogP contribution is 2.21. The van der Waals surface area contributed by atoms with E-state index in [-0.39, 0.29) is 18.4 Å². The predicted molar refractivity (Wildman–Crippen MR) is 136 cm³/mol. The highest BCUT2D eigenvalue weighted by molar-refractivity contribution is 6.04. The molecule has 1 fully saturated rings. The third-order valence-corrected chi connectivity index (χ3v) is 6.20. The summed E-state index contributed by atoms with van der Waals surface area (Å²) in [5.41, 5.74) is 4.61. The van der Waals surface area contributed by atoms with Gasteiger partial charge >= 0.3 is 5.97 Å². The van der Waals surface area contributed by atoms with Crippen LogP contribution in [-0.4, -0.2) is 74.0 Å². The summed E-state index contributed by atoms with van der Waals surface area (Å²) in [7, 11) is 0. The van der Waals surface area contributed by atoms with Gasteiger partial charge in [0.05, 0.1) is 45.7 Å². The molecular formula is C27H34N4O4. The molecular weight excluding hydrogens is 444 g/mol. The fourth-order valence-corrected chi connectivity index (χ4v) is 4.12. The van der Waals surface area contributed by atoms with Crippen LogP contribution in [0.4, 0.5) is 5.69 Å². The summed E-state index contributed by atoms with van der Waals surface area (Å²) in [6.07, 6.45) is 4.57. The number of morpholine rings is 1. The number of fused-ring (bicyclic) bond motifs is 1. The second kappa shape index (κ2) is 12.5. The van der Waals surface area contributed by atoms with Crippen molar-refractivity contribution in [2.45, 2.75) is 32.7 Å². The van der Waals surface area contributed by atoms with Gasteiger partial charge in [0.2, 0.25) is 0 Å². The zero-order valence-electron chi connectivity index (χ0n) is 20.4. The fraction of sp³-hybridized carbons (Fsp3) is 0.444. The van der Waals surface area contributed by atoms with Crippen LogP contribution in [0, 0.1) is 0 Å². The Morgan fingerprint density at radius 2 is 1.89 bits per heavy atom. The third-order valence-electron chi connectivity index (χ3n) is 6.20. The number of rotatable bonds is 9. The smallest absolute Gasteiger partial charge is 0.320 e. The first kappa shape index (κ1) is 24.9. The molecule has 1 saturated heterocycles. The summed E-state index contributed by atoms with van der Waals surface area (Å²) < 4.78 is 10.6.